The zero-order valence-corrected chi connectivity index (χ0v) is 9.77. The summed E-state index contributed by atoms with van der Waals surface area (Å²) < 4.78 is 0. The molecule has 1 atom stereocenters. The fourth-order valence-corrected chi connectivity index (χ4v) is 2.10. The van der Waals surface area contributed by atoms with E-state index in [-0.39, 0.29) is 11.7 Å². The van der Waals surface area contributed by atoms with Gasteiger partial charge >= 0.3 is 0 Å². The van der Waals surface area contributed by atoms with Crippen LogP contribution in [-0.2, 0) is 4.79 Å². The minimum atomic E-state index is 0.0908. The van der Waals surface area contributed by atoms with E-state index in [0.717, 1.165) is 6.42 Å². The maximum absolute atomic E-state index is 11.1. The van der Waals surface area contributed by atoms with Gasteiger partial charge in [-0.25, -0.2) is 9.97 Å². The lowest BCUT2D eigenvalue weighted by molar-refractivity contribution is -0.117. The van der Waals surface area contributed by atoms with E-state index in [2.05, 4.69) is 9.97 Å². The summed E-state index contributed by atoms with van der Waals surface area (Å²) in [7, 11) is 0. The summed E-state index contributed by atoms with van der Waals surface area (Å²) in [6, 6.07) is 0. The van der Waals surface area contributed by atoms with Gasteiger partial charge in [0.2, 0.25) is 0 Å². The highest BCUT2D eigenvalue weighted by Gasteiger charge is 2.26. The first-order chi connectivity index (χ1) is 7.08. The van der Waals surface area contributed by atoms with Gasteiger partial charge in [-0.05, 0) is 13.3 Å². The second-order valence-electron chi connectivity index (χ2n) is 3.77. The summed E-state index contributed by atoms with van der Waals surface area (Å²) in [6.45, 7) is 1.77. The third-order valence-electron chi connectivity index (χ3n) is 2.66. The van der Waals surface area contributed by atoms with Crippen LogP contribution in [0.4, 0.5) is 0 Å². The smallest absolute Gasteiger partial charge is 0.137 e. The Kier molecular flexibility index (Phi) is 2.94. The molecule has 2 rings (SSSR count). The molecule has 15 heavy (non-hydrogen) atoms. The van der Waals surface area contributed by atoms with Crippen LogP contribution in [0.5, 0.6) is 0 Å². The molecular formula is C10H10Cl2N2O. The Balaban J connectivity index is 2.33. The Morgan fingerprint density at radius 2 is 1.87 bits per heavy atom. The van der Waals surface area contributed by atoms with E-state index in [1.807, 2.05) is 0 Å². The molecule has 0 aliphatic heterocycles. The molecule has 0 bridgehead atoms. The zero-order valence-electron chi connectivity index (χ0n) is 8.26. The molecule has 1 aliphatic rings. The molecular weight excluding hydrogens is 235 g/mol. The van der Waals surface area contributed by atoms with Crippen molar-refractivity contribution in [1.29, 1.82) is 0 Å². The van der Waals surface area contributed by atoms with Gasteiger partial charge in [-0.1, -0.05) is 23.2 Å². The molecule has 0 amide bonds. The van der Waals surface area contributed by atoms with Crippen molar-refractivity contribution in [2.45, 2.75) is 32.1 Å². The third-order valence-corrected chi connectivity index (χ3v) is 3.39. The zero-order chi connectivity index (χ0) is 11.0. The van der Waals surface area contributed by atoms with Crippen LogP contribution in [0.2, 0.25) is 10.3 Å². The lowest BCUT2D eigenvalue weighted by Crippen LogP contribution is -2.03. The summed E-state index contributed by atoms with van der Waals surface area (Å²) in [5, 5.41) is 0.758. The number of halogens is 2. The molecule has 5 heteroatoms. The van der Waals surface area contributed by atoms with E-state index < -0.39 is 0 Å². The Labute approximate surface area is 97.8 Å². The lowest BCUT2D eigenvalue weighted by atomic mass is 10.1. The van der Waals surface area contributed by atoms with E-state index in [4.69, 9.17) is 23.2 Å². The van der Waals surface area contributed by atoms with E-state index in [1.165, 1.54) is 0 Å². The van der Waals surface area contributed by atoms with E-state index >= 15 is 0 Å². The molecule has 0 N–H and O–H groups in total. The average Bonchev–Trinajstić information content (AvgIpc) is 2.60. The number of Topliss-reactive ketones (excluding diaryl/α,β-unsaturated/α-hetero) is 1. The molecule has 0 saturated heterocycles. The average molecular weight is 245 g/mol. The molecule has 3 nitrogen and oxygen atoms in total. The van der Waals surface area contributed by atoms with Crippen molar-refractivity contribution in [3.63, 3.8) is 0 Å². The van der Waals surface area contributed by atoms with Gasteiger partial charge in [0.25, 0.3) is 0 Å². The van der Waals surface area contributed by atoms with Gasteiger partial charge in [-0.3, -0.25) is 4.79 Å². The van der Waals surface area contributed by atoms with Crippen molar-refractivity contribution in [3.05, 3.63) is 21.7 Å². The summed E-state index contributed by atoms with van der Waals surface area (Å²) in [5.74, 6) is 0.950. The highest BCUT2D eigenvalue weighted by atomic mass is 35.5. The van der Waals surface area contributed by atoms with Crippen LogP contribution < -0.4 is 0 Å². The van der Waals surface area contributed by atoms with Crippen LogP contribution in [0.3, 0.4) is 0 Å². The van der Waals surface area contributed by atoms with Crippen LogP contribution in [0.15, 0.2) is 0 Å². The Hall–Kier alpha value is -0.670. The molecule has 1 saturated carbocycles. The molecule has 1 aromatic rings. The van der Waals surface area contributed by atoms with Crippen LogP contribution in [0.25, 0.3) is 0 Å². The molecule has 1 aromatic heterocycles. The number of hydrogen-bond donors (Lipinski definition) is 0. The van der Waals surface area contributed by atoms with Crippen LogP contribution in [-0.4, -0.2) is 15.8 Å². The molecule has 0 aromatic carbocycles. The van der Waals surface area contributed by atoms with Crippen molar-refractivity contribution >= 4 is 29.0 Å². The van der Waals surface area contributed by atoms with Crippen LogP contribution in [0, 0.1) is 6.92 Å². The summed E-state index contributed by atoms with van der Waals surface area (Å²) in [4.78, 5) is 19.5. The highest BCUT2D eigenvalue weighted by molar-refractivity contribution is 6.34. The standard InChI is InChI=1S/C10H10Cl2N2O/c1-5-8(11)13-10(14-9(5)12)6-2-3-7(15)4-6/h6H,2-4H2,1H3/t6-/m0/s1. The van der Waals surface area contributed by atoms with Gasteiger partial charge in [-0.15, -0.1) is 0 Å². The third kappa shape index (κ3) is 2.13. The molecule has 1 heterocycles. The summed E-state index contributed by atoms with van der Waals surface area (Å²) in [5.41, 5.74) is 0.686. The maximum Gasteiger partial charge on any atom is 0.137 e. The minimum absolute atomic E-state index is 0.0908. The number of hydrogen-bond acceptors (Lipinski definition) is 3. The predicted molar refractivity (Wildman–Crippen MR) is 58.4 cm³/mol. The van der Waals surface area contributed by atoms with Crippen LogP contribution in [0.1, 0.15) is 36.6 Å². The SMILES string of the molecule is Cc1c(Cl)nc([C@H]2CCC(=O)C2)nc1Cl. The van der Waals surface area contributed by atoms with Gasteiger partial charge in [0.1, 0.15) is 21.9 Å². The number of nitrogens with zero attached hydrogens (tertiary/aromatic N) is 2. The predicted octanol–water partition coefficient (Wildman–Crippen LogP) is 2.93. The minimum Gasteiger partial charge on any atom is -0.300 e. The van der Waals surface area contributed by atoms with Crippen molar-refractivity contribution in [1.82, 2.24) is 9.97 Å². The van der Waals surface area contributed by atoms with E-state index in [0.29, 0.717) is 34.5 Å². The second-order valence-corrected chi connectivity index (χ2v) is 4.48. The number of carbonyl (C=O) groups is 1. The second kappa shape index (κ2) is 4.06. The molecule has 80 valence electrons. The van der Waals surface area contributed by atoms with E-state index in [9.17, 15) is 4.79 Å². The largest absolute Gasteiger partial charge is 0.300 e. The van der Waals surface area contributed by atoms with Gasteiger partial charge in [-0.2, -0.15) is 0 Å². The topological polar surface area (TPSA) is 42.9 Å². The van der Waals surface area contributed by atoms with Crippen molar-refractivity contribution in [3.8, 4) is 0 Å². The number of ketones is 1. The lowest BCUT2D eigenvalue weighted by Gasteiger charge is -2.08. The first kappa shape index (κ1) is 10.8. The molecule has 0 unspecified atom stereocenters. The number of rotatable bonds is 1. The van der Waals surface area contributed by atoms with Gasteiger partial charge in [0.15, 0.2) is 0 Å². The maximum atomic E-state index is 11.1. The van der Waals surface area contributed by atoms with Crippen molar-refractivity contribution in [2.75, 3.05) is 0 Å². The van der Waals surface area contributed by atoms with Crippen molar-refractivity contribution in [2.24, 2.45) is 0 Å². The van der Waals surface area contributed by atoms with Gasteiger partial charge in [0.05, 0.1) is 0 Å². The van der Waals surface area contributed by atoms with Crippen molar-refractivity contribution < 1.29 is 4.79 Å². The molecule has 1 aliphatic carbocycles. The Morgan fingerprint density at radius 1 is 1.27 bits per heavy atom. The summed E-state index contributed by atoms with van der Waals surface area (Å²) in [6.07, 6.45) is 1.92. The molecule has 0 spiro atoms. The molecule has 0 radical (unpaired) electrons. The van der Waals surface area contributed by atoms with Gasteiger partial charge in [0, 0.05) is 24.3 Å². The normalized spacial score (nSPS) is 21.0. The highest BCUT2D eigenvalue weighted by Crippen LogP contribution is 2.32. The number of aromatic nitrogens is 2. The fourth-order valence-electron chi connectivity index (χ4n) is 1.70. The number of carbonyl (C=O) groups excluding carboxylic acids is 1. The fraction of sp³-hybridized carbons (Fsp3) is 0.500. The quantitative estimate of drug-likeness (QED) is 0.714. The first-order valence-electron chi connectivity index (χ1n) is 4.79. The Bertz CT molecular complexity index is 397. The summed E-state index contributed by atoms with van der Waals surface area (Å²) >= 11 is 11.8. The first-order valence-corrected chi connectivity index (χ1v) is 5.54. The Morgan fingerprint density at radius 3 is 2.33 bits per heavy atom. The monoisotopic (exact) mass is 244 g/mol. The molecule has 1 fully saturated rings. The van der Waals surface area contributed by atoms with Gasteiger partial charge < -0.3 is 0 Å². The van der Waals surface area contributed by atoms with E-state index in [1.54, 1.807) is 6.92 Å². The van der Waals surface area contributed by atoms with Crippen LogP contribution >= 0.6 is 23.2 Å².